The second-order valence-electron chi connectivity index (χ2n) is 7.51. The molecular weight excluding hydrogens is 436 g/mol. The second-order valence-corrected chi connectivity index (χ2v) is 9.43. The quantitative estimate of drug-likeness (QED) is 0.116. The maximum absolute atomic E-state index is 13.4. The molecule has 4 nitrogen and oxygen atoms in total. The van der Waals surface area contributed by atoms with Gasteiger partial charge >= 0.3 is 0 Å². The zero-order chi connectivity index (χ0) is 22.3. The number of aryl methyl sites for hydroxylation is 1. The van der Waals surface area contributed by atoms with Crippen molar-refractivity contribution >= 4 is 33.3 Å². The zero-order valence-corrected chi connectivity index (χ0v) is 19.8. The van der Waals surface area contributed by atoms with Crippen molar-refractivity contribution in [2.45, 2.75) is 31.5 Å². The number of hydrogen-bond donors (Lipinski definition) is 0. The van der Waals surface area contributed by atoms with Crippen molar-refractivity contribution < 1.29 is 4.74 Å². The van der Waals surface area contributed by atoms with E-state index in [2.05, 4.69) is 37.8 Å². The van der Waals surface area contributed by atoms with Gasteiger partial charge in [0.15, 0.2) is 5.16 Å². The molecule has 2 heterocycles. The molecule has 164 valence electrons. The average Bonchev–Trinajstić information content (AvgIpc) is 3.24. The Labute approximate surface area is 196 Å². The minimum Gasteiger partial charge on any atom is -0.494 e. The van der Waals surface area contributed by atoms with E-state index in [1.807, 2.05) is 35.7 Å². The van der Waals surface area contributed by atoms with Gasteiger partial charge in [0, 0.05) is 23.2 Å². The van der Waals surface area contributed by atoms with E-state index in [0.29, 0.717) is 18.5 Å². The fourth-order valence-corrected chi connectivity index (χ4v) is 5.42. The molecule has 0 N–H and O–H groups in total. The summed E-state index contributed by atoms with van der Waals surface area (Å²) in [6.45, 7) is 7.03. The van der Waals surface area contributed by atoms with Crippen LogP contribution in [0.15, 0.2) is 82.6 Å². The molecule has 0 fully saturated rings. The number of unbranched alkanes of at least 4 members (excludes halogenated alkanes) is 1. The summed E-state index contributed by atoms with van der Waals surface area (Å²) in [5, 5.41) is 3.49. The molecule has 0 aliphatic carbocycles. The van der Waals surface area contributed by atoms with Crippen molar-refractivity contribution in [3.05, 3.63) is 88.5 Å². The minimum atomic E-state index is 0.00151. The number of nitrogens with zero attached hydrogens (tertiary/aromatic N) is 2. The molecule has 32 heavy (non-hydrogen) atoms. The highest BCUT2D eigenvalue weighted by molar-refractivity contribution is 7.99. The van der Waals surface area contributed by atoms with Crippen molar-refractivity contribution in [3.63, 3.8) is 0 Å². The lowest BCUT2D eigenvalue weighted by atomic mass is 10.1. The topological polar surface area (TPSA) is 44.1 Å². The van der Waals surface area contributed by atoms with Gasteiger partial charge in [0.05, 0.1) is 12.0 Å². The van der Waals surface area contributed by atoms with Crippen LogP contribution in [0.5, 0.6) is 5.75 Å². The lowest BCUT2D eigenvalue weighted by Crippen LogP contribution is -2.22. The van der Waals surface area contributed by atoms with Gasteiger partial charge < -0.3 is 4.74 Å². The zero-order valence-electron chi connectivity index (χ0n) is 18.1. The van der Waals surface area contributed by atoms with Crippen LogP contribution in [0.1, 0.15) is 18.4 Å². The Morgan fingerprint density at radius 1 is 1.12 bits per heavy atom. The SMILES string of the molecule is C=CCn1c(SCCCCOc2ccccc2)nc2scc(-c3ccc(C)cc3)c2c1=O. The van der Waals surface area contributed by atoms with E-state index in [-0.39, 0.29) is 5.56 Å². The van der Waals surface area contributed by atoms with Crippen LogP contribution in [0.4, 0.5) is 0 Å². The molecule has 0 unspecified atom stereocenters. The highest BCUT2D eigenvalue weighted by Gasteiger charge is 2.17. The Hall–Kier alpha value is -2.83. The smallest absolute Gasteiger partial charge is 0.263 e. The van der Waals surface area contributed by atoms with E-state index >= 15 is 0 Å². The van der Waals surface area contributed by atoms with E-state index < -0.39 is 0 Å². The Kier molecular flexibility index (Phi) is 7.45. The Balaban J connectivity index is 1.48. The standard InChI is InChI=1S/C26H26N2O2S2/c1-3-15-28-25(29)23-22(20-13-11-19(2)12-14-20)18-32-24(23)27-26(28)31-17-8-7-16-30-21-9-5-4-6-10-21/h3-6,9-14,18H,1,7-8,15-17H2,2H3. The molecule has 0 amide bonds. The van der Waals surface area contributed by atoms with Crippen LogP contribution >= 0.6 is 23.1 Å². The fraction of sp³-hybridized carbons (Fsp3) is 0.231. The highest BCUT2D eigenvalue weighted by atomic mass is 32.2. The summed E-state index contributed by atoms with van der Waals surface area (Å²) in [6.07, 6.45) is 3.69. The molecule has 0 saturated carbocycles. The first kappa shape index (κ1) is 22.4. The molecule has 6 heteroatoms. The van der Waals surface area contributed by atoms with Crippen molar-refractivity contribution in [2.75, 3.05) is 12.4 Å². The molecule has 2 aromatic heterocycles. The third kappa shape index (κ3) is 5.14. The molecule has 0 saturated heterocycles. The van der Waals surface area contributed by atoms with E-state index in [0.717, 1.165) is 45.5 Å². The molecule has 0 aliphatic heterocycles. The summed E-state index contributed by atoms with van der Waals surface area (Å²) >= 11 is 3.15. The predicted molar refractivity (Wildman–Crippen MR) is 136 cm³/mol. The van der Waals surface area contributed by atoms with Gasteiger partial charge in [-0.05, 0) is 37.5 Å². The third-order valence-electron chi connectivity index (χ3n) is 5.11. The Bertz CT molecular complexity index is 1240. The molecule has 0 aliphatic rings. The summed E-state index contributed by atoms with van der Waals surface area (Å²) < 4.78 is 7.50. The van der Waals surface area contributed by atoms with Crippen molar-refractivity contribution in [1.29, 1.82) is 0 Å². The number of aromatic nitrogens is 2. The van der Waals surface area contributed by atoms with Crippen molar-refractivity contribution in [1.82, 2.24) is 9.55 Å². The fourth-order valence-electron chi connectivity index (χ4n) is 3.43. The molecular formula is C26H26N2O2S2. The molecule has 0 spiro atoms. The number of hydrogen-bond acceptors (Lipinski definition) is 5. The monoisotopic (exact) mass is 462 g/mol. The van der Waals surface area contributed by atoms with Crippen LogP contribution in [0.3, 0.4) is 0 Å². The van der Waals surface area contributed by atoms with Gasteiger partial charge in [0.2, 0.25) is 0 Å². The first-order chi connectivity index (χ1) is 15.7. The molecule has 0 bridgehead atoms. The van der Waals surface area contributed by atoms with Crippen molar-refractivity contribution in [2.24, 2.45) is 0 Å². The van der Waals surface area contributed by atoms with Crippen LogP contribution in [-0.4, -0.2) is 21.9 Å². The van der Waals surface area contributed by atoms with Gasteiger partial charge in [-0.2, -0.15) is 0 Å². The maximum Gasteiger partial charge on any atom is 0.263 e. The molecule has 0 atom stereocenters. The number of allylic oxidation sites excluding steroid dienone is 1. The molecule has 4 rings (SSSR count). The van der Waals surface area contributed by atoms with Gasteiger partial charge in [-0.15, -0.1) is 17.9 Å². The summed E-state index contributed by atoms with van der Waals surface area (Å²) in [6, 6.07) is 18.1. The van der Waals surface area contributed by atoms with Crippen LogP contribution in [0, 0.1) is 6.92 Å². The third-order valence-corrected chi connectivity index (χ3v) is 7.05. The van der Waals surface area contributed by atoms with Crippen LogP contribution in [0.25, 0.3) is 21.3 Å². The van der Waals surface area contributed by atoms with E-state index in [4.69, 9.17) is 9.72 Å². The number of thioether (sulfide) groups is 1. The van der Waals surface area contributed by atoms with E-state index in [1.54, 1.807) is 22.4 Å². The van der Waals surface area contributed by atoms with Crippen LogP contribution in [-0.2, 0) is 6.54 Å². The van der Waals surface area contributed by atoms with Gasteiger partial charge in [0.1, 0.15) is 10.6 Å². The first-order valence-electron chi connectivity index (χ1n) is 10.7. The molecule has 4 aromatic rings. The second kappa shape index (κ2) is 10.7. The summed E-state index contributed by atoms with van der Waals surface area (Å²) in [5.74, 6) is 1.78. The summed E-state index contributed by atoms with van der Waals surface area (Å²) in [7, 11) is 0. The number of para-hydroxylation sites is 1. The first-order valence-corrected chi connectivity index (χ1v) is 12.5. The average molecular weight is 463 g/mol. The van der Waals surface area contributed by atoms with Gasteiger partial charge in [-0.3, -0.25) is 9.36 Å². The van der Waals surface area contributed by atoms with E-state index in [1.165, 1.54) is 16.9 Å². The van der Waals surface area contributed by atoms with Crippen LogP contribution < -0.4 is 10.3 Å². The minimum absolute atomic E-state index is 0.00151. The number of benzene rings is 2. The Morgan fingerprint density at radius 3 is 2.66 bits per heavy atom. The lowest BCUT2D eigenvalue weighted by molar-refractivity contribution is 0.310. The maximum atomic E-state index is 13.4. The predicted octanol–water partition coefficient (Wildman–Crippen LogP) is 6.57. The normalized spacial score (nSPS) is 11.0. The number of thiophene rings is 1. The number of ether oxygens (including phenoxy) is 1. The largest absolute Gasteiger partial charge is 0.494 e. The van der Waals surface area contributed by atoms with Crippen LogP contribution in [0.2, 0.25) is 0 Å². The van der Waals surface area contributed by atoms with Gasteiger partial charge in [-0.25, -0.2) is 4.98 Å². The van der Waals surface area contributed by atoms with Crippen molar-refractivity contribution in [3.8, 4) is 16.9 Å². The van der Waals surface area contributed by atoms with Gasteiger partial charge in [-0.1, -0.05) is 65.9 Å². The summed E-state index contributed by atoms with van der Waals surface area (Å²) in [5.41, 5.74) is 3.20. The van der Waals surface area contributed by atoms with Gasteiger partial charge in [0.25, 0.3) is 5.56 Å². The molecule has 2 aromatic carbocycles. The number of fused-ring (bicyclic) bond motifs is 1. The highest BCUT2D eigenvalue weighted by Crippen LogP contribution is 2.32. The lowest BCUT2D eigenvalue weighted by Gasteiger charge is -2.11. The summed E-state index contributed by atoms with van der Waals surface area (Å²) in [4.78, 5) is 19.0. The number of rotatable bonds is 10. The molecule has 0 radical (unpaired) electrons. The Morgan fingerprint density at radius 2 is 1.91 bits per heavy atom. The van der Waals surface area contributed by atoms with E-state index in [9.17, 15) is 4.79 Å².